The van der Waals surface area contributed by atoms with Crippen LogP contribution in [0.1, 0.15) is 13.8 Å². The number of rotatable bonds is 10. The van der Waals surface area contributed by atoms with Crippen molar-refractivity contribution in [2.45, 2.75) is 24.8 Å². The first-order valence-electron chi connectivity index (χ1n) is 9.22. The van der Waals surface area contributed by atoms with E-state index < -0.39 is 22.0 Å². The van der Waals surface area contributed by atoms with Gasteiger partial charge >= 0.3 is 0 Å². The van der Waals surface area contributed by atoms with Crippen molar-refractivity contribution in [2.24, 2.45) is 0 Å². The third kappa shape index (κ3) is 6.75. The SMILES string of the molecule is CCNC(=O)COc1ccc(NC(=O)[C@H](C)NS(=O)(=O)c2ccc(OC)cc2)cc1. The summed E-state index contributed by atoms with van der Waals surface area (Å²) in [5, 5.41) is 5.24. The van der Waals surface area contributed by atoms with Gasteiger partial charge < -0.3 is 20.1 Å². The second kappa shape index (κ2) is 10.6. The van der Waals surface area contributed by atoms with E-state index in [9.17, 15) is 18.0 Å². The highest BCUT2D eigenvalue weighted by Crippen LogP contribution is 2.17. The number of carbonyl (C=O) groups excluding carboxylic acids is 2. The van der Waals surface area contributed by atoms with Gasteiger partial charge in [0, 0.05) is 12.2 Å². The van der Waals surface area contributed by atoms with Crippen LogP contribution in [0.15, 0.2) is 53.4 Å². The van der Waals surface area contributed by atoms with Crippen molar-refractivity contribution in [3.05, 3.63) is 48.5 Å². The third-order valence-electron chi connectivity index (χ3n) is 3.96. The van der Waals surface area contributed by atoms with Crippen LogP contribution in [-0.2, 0) is 19.6 Å². The fourth-order valence-corrected chi connectivity index (χ4v) is 3.59. The summed E-state index contributed by atoms with van der Waals surface area (Å²) in [6, 6.07) is 11.2. The Hall–Kier alpha value is -3.11. The van der Waals surface area contributed by atoms with E-state index in [4.69, 9.17) is 9.47 Å². The minimum Gasteiger partial charge on any atom is -0.497 e. The van der Waals surface area contributed by atoms with Gasteiger partial charge in [-0.15, -0.1) is 0 Å². The Bertz CT molecular complexity index is 959. The smallest absolute Gasteiger partial charge is 0.257 e. The van der Waals surface area contributed by atoms with Crippen LogP contribution in [0, 0.1) is 0 Å². The molecule has 30 heavy (non-hydrogen) atoms. The van der Waals surface area contributed by atoms with Crippen LogP contribution >= 0.6 is 0 Å². The lowest BCUT2D eigenvalue weighted by molar-refractivity contribution is -0.123. The van der Waals surface area contributed by atoms with E-state index in [1.165, 1.54) is 38.3 Å². The molecular formula is C20H25N3O6S. The number of amides is 2. The van der Waals surface area contributed by atoms with Gasteiger partial charge in [-0.1, -0.05) is 0 Å². The molecule has 0 saturated heterocycles. The molecule has 0 spiro atoms. The Kier molecular flexibility index (Phi) is 8.19. The molecule has 3 N–H and O–H groups in total. The molecule has 2 amide bonds. The zero-order valence-corrected chi connectivity index (χ0v) is 17.8. The van der Waals surface area contributed by atoms with Crippen molar-refractivity contribution in [2.75, 3.05) is 25.6 Å². The summed E-state index contributed by atoms with van der Waals surface area (Å²) < 4.78 is 37.5. The van der Waals surface area contributed by atoms with Crippen molar-refractivity contribution >= 4 is 27.5 Å². The fourth-order valence-electron chi connectivity index (χ4n) is 2.39. The van der Waals surface area contributed by atoms with E-state index in [0.717, 1.165) is 0 Å². The first-order chi connectivity index (χ1) is 14.2. The Labute approximate surface area is 175 Å². The van der Waals surface area contributed by atoms with Gasteiger partial charge in [0.15, 0.2) is 6.61 Å². The number of hydrogen-bond acceptors (Lipinski definition) is 6. The standard InChI is InChI=1S/C20H25N3O6S/c1-4-21-19(24)13-29-17-7-5-15(6-8-17)22-20(25)14(2)23-30(26,27)18-11-9-16(28-3)10-12-18/h5-12,14,23H,4,13H2,1-3H3,(H,21,24)(H,22,25)/t14-/m0/s1. The maximum absolute atomic E-state index is 12.4. The molecule has 2 rings (SSSR count). The summed E-state index contributed by atoms with van der Waals surface area (Å²) in [5.74, 6) is 0.238. The van der Waals surface area contributed by atoms with Gasteiger partial charge in [-0.2, -0.15) is 4.72 Å². The summed E-state index contributed by atoms with van der Waals surface area (Å²) in [4.78, 5) is 23.8. The number of nitrogens with one attached hydrogen (secondary N) is 3. The van der Waals surface area contributed by atoms with Crippen LogP contribution in [0.3, 0.4) is 0 Å². The van der Waals surface area contributed by atoms with Gasteiger partial charge in [0.05, 0.1) is 18.0 Å². The van der Waals surface area contributed by atoms with Crippen LogP contribution in [0.4, 0.5) is 5.69 Å². The van der Waals surface area contributed by atoms with Crippen molar-refractivity contribution in [3.8, 4) is 11.5 Å². The number of sulfonamides is 1. The third-order valence-corrected chi connectivity index (χ3v) is 5.52. The summed E-state index contributed by atoms with van der Waals surface area (Å²) in [6.45, 7) is 3.67. The molecule has 0 unspecified atom stereocenters. The zero-order valence-electron chi connectivity index (χ0n) is 17.0. The summed E-state index contributed by atoms with van der Waals surface area (Å²) in [7, 11) is -2.39. The van der Waals surface area contributed by atoms with E-state index in [2.05, 4.69) is 15.4 Å². The van der Waals surface area contributed by atoms with Crippen molar-refractivity contribution < 1.29 is 27.5 Å². The Balaban J connectivity index is 1.92. The topological polar surface area (TPSA) is 123 Å². The first kappa shape index (κ1) is 23.2. The fraction of sp³-hybridized carbons (Fsp3) is 0.300. The number of ether oxygens (including phenoxy) is 2. The monoisotopic (exact) mass is 435 g/mol. The molecule has 0 aliphatic carbocycles. The molecule has 9 nitrogen and oxygen atoms in total. The molecule has 0 fully saturated rings. The average Bonchev–Trinajstić information content (AvgIpc) is 2.73. The lowest BCUT2D eigenvalue weighted by Gasteiger charge is -2.15. The molecule has 0 aliphatic heterocycles. The number of anilines is 1. The first-order valence-corrected chi connectivity index (χ1v) is 10.7. The largest absolute Gasteiger partial charge is 0.497 e. The maximum Gasteiger partial charge on any atom is 0.257 e. The predicted molar refractivity (Wildman–Crippen MR) is 112 cm³/mol. The van der Waals surface area contributed by atoms with Crippen LogP contribution in [0.25, 0.3) is 0 Å². The highest BCUT2D eigenvalue weighted by molar-refractivity contribution is 7.89. The second-order valence-corrected chi connectivity index (χ2v) is 7.99. The Morgan fingerprint density at radius 3 is 2.17 bits per heavy atom. The number of hydrogen-bond donors (Lipinski definition) is 3. The lowest BCUT2D eigenvalue weighted by atomic mass is 10.2. The Morgan fingerprint density at radius 1 is 1.00 bits per heavy atom. The molecule has 0 aliphatic rings. The van der Waals surface area contributed by atoms with Gasteiger partial charge in [0.1, 0.15) is 11.5 Å². The van der Waals surface area contributed by atoms with Crippen LogP contribution < -0.4 is 24.8 Å². The minimum absolute atomic E-state index is 0.0246. The average molecular weight is 436 g/mol. The highest BCUT2D eigenvalue weighted by atomic mass is 32.2. The number of methoxy groups -OCH3 is 1. The molecule has 0 heterocycles. The Morgan fingerprint density at radius 2 is 1.60 bits per heavy atom. The van der Waals surface area contributed by atoms with Gasteiger partial charge in [-0.3, -0.25) is 9.59 Å². The van der Waals surface area contributed by atoms with Crippen molar-refractivity contribution in [1.82, 2.24) is 10.0 Å². The van der Waals surface area contributed by atoms with Crippen LogP contribution in [0.5, 0.6) is 11.5 Å². The second-order valence-electron chi connectivity index (χ2n) is 6.27. The van der Waals surface area contributed by atoms with Gasteiger partial charge in [-0.05, 0) is 62.4 Å². The maximum atomic E-state index is 12.4. The normalized spacial score (nSPS) is 12.0. The number of likely N-dealkylation sites (N-methyl/N-ethyl adjacent to an activating group) is 1. The van der Waals surface area contributed by atoms with Crippen LogP contribution in [-0.4, -0.2) is 46.5 Å². The highest BCUT2D eigenvalue weighted by Gasteiger charge is 2.22. The quantitative estimate of drug-likeness (QED) is 0.520. The van der Waals surface area contributed by atoms with Crippen molar-refractivity contribution in [1.29, 1.82) is 0 Å². The van der Waals surface area contributed by atoms with Gasteiger partial charge in [-0.25, -0.2) is 8.42 Å². The predicted octanol–water partition coefficient (Wildman–Crippen LogP) is 1.52. The molecule has 2 aromatic carbocycles. The van der Waals surface area contributed by atoms with E-state index >= 15 is 0 Å². The number of benzene rings is 2. The molecule has 1 atom stereocenters. The molecule has 0 radical (unpaired) electrons. The molecule has 0 bridgehead atoms. The van der Waals surface area contributed by atoms with E-state index in [-0.39, 0.29) is 17.4 Å². The summed E-state index contributed by atoms with van der Waals surface area (Å²) in [5.41, 5.74) is 0.459. The minimum atomic E-state index is -3.87. The number of carbonyl (C=O) groups is 2. The molecule has 0 aromatic heterocycles. The molecule has 0 saturated carbocycles. The summed E-state index contributed by atoms with van der Waals surface area (Å²) >= 11 is 0. The summed E-state index contributed by atoms with van der Waals surface area (Å²) in [6.07, 6.45) is 0. The van der Waals surface area contributed by atoms with Gasteiger partial charge in [0.2, 0.25) is 15.9 Å². The molecular weight excluding hydrogens is 410 g/mol. The molecule has 2 aromatic rings. The lowest BCUT2D eigenvalue weighted by Crippen LogP contribution is -2.41. The van der Waals surface area contributed by atoms with Crippen LogP contribution in [0.2, 0.25) is 0 Å². The zero-order chi connectivity index (χ0) is 22.1. The van der Waals surface area contributed by atoms with Crippen molar-refractivity contribution in [3.63, 3.8) is 0 Å². The van der Waals surface area contributed by atoms with E-state index in [1.54, 1.807) is 24.3 Å². The molecule has 10 heteroatoms. The van der Waals surface area contributed by atoms with Gasteiger partial charge in [0.25, 0.3) is 5.91 Å². The van der Waals surface area contributed by atoms with E-state index in [1.807, 2.05) is 6.92 Å². The molecule has 162 valence electrons. The van der Waals surface area contributed by atoms with E-state index in [0.29, 0.717) is 23.7 Å².